The molecular weight excluding hydrogens is 712 g/mol. The van der Waals surface area contributed by atoms with Crippen LogP contribution in [0.3, 0.4) is 0 Å². The van der Waals surface area contributed by atoms with Crippen LogP contribution in [0.1, 0.15) is 27.9 Å². The quantitative estimate of drug-likeness (QED) is 0.125. The molecule has 0 bridgehead atoms. The van der Waals surface area contributed by atoms with Crippen molar-refractivity contribution in [3.63, 3.8) is 0 Å². The zero-order valence-electron chi connectivity index (χ0n) is 29.7. The molecule has 0 atom stereocenters. The zero-order chi connectivity index (χ0) is 39.1. The molecule has 0 aliphatic heterocycles. The summed E-state index contributed by atoms with van der Waals surface area (Å²) in [5.74, 6) is -0.432. The number of carbonyl (C=O) groups is 1. The number of halogens is 1. The van der Waals surface area contributed by atoms with E-state index in [4.69, 9.17) is 19.5 Å². The van der Waals surface area contributed by atoms with Gasteiger partial charge in [-0.25, -0.2) is 19.2 Å². The summed E-state index contributed by atoms with van der Waals surface area (Å²) in [6, 6.07) is 40.6. The maximum atomic E-state index is 14.9. The first-order valence-corrected chi connectivity index (χ1v) is 17.1. The van der Waals surface area contributed by atoms with Crippen LogP contribution in [0.25, 0.3) is 28.1 Å². The third kappa shape index (κ3) is 9.33. The Morgan fingerprint density at radius 3 is 1.98 bits per heavy atom. The van der Waals surface area contributed by atoms with Gasteiger partial charge in [-0.1, -0.05) is 91.0 Å². The Hall–Kier alpha value is -7.96. The lowest BCUT2D eigenvalue weighted by molar-refractivity contribution is 0.0435. The van der Waals surface area contributed by atoms with E-state index in [1.165, 1.54) is 41.5 Å². The van der Waals surface area contributed by atoms with Crippen molar-refractivity contribution in [3.8, 4) is 46.0 Å². The smallest absolute Gasteiger partial charge is 0.487 e. The second kappa shape index (κ2) is 18.7. The highest BCUT2D eigenvalue weighted by Gasteiger charge is 2.25. The first-order valence-electron chi connectivity index (χ1n) is 17.1. The van der Waals surface area contributed by atoms with Crippen molar-refractivity contribution in [2.24, 2.45) is 0 Å². The number of carbonyl (C=O) groups excluding carboxylic acids is 1. The van der Waals surface area contributed by atoms with Gasteiger partial charge in [0.1, 0.15) is 49.5 Å². The van der Waals surface area contributed by atoms with Gasteiger partial charge in [0.25, 0.3) is 5.56 Å². The summed E-state index contributed by atoms with van der Waals surface area (Å²) < 4.78 is 33.2. The van der Waals surface area contributed by atoms with E-state index in [0.717, 1.165) is 17.2 Å². The maximum Gasteiger partial charge on any atom is 0.508 e. The molecule has 11 nitrogen and oxygen atoms in total. The molecule has 12 heteroatoms. The Morgan fingerprint density at radius 2 is 1.34 bits per heavy atom. The molecular formula is C44H31FN6O5. The third-order valence-corrected chi connectivity index (χ3v) is 8.22. The molecule has 3 aromatic heterocycles. The molecule has 0 radical (unpaired) electrons. The van der Waals surface area contributed by atoms with Gasteiger partial charge in [0.2, 0.25) is 0 Å². The largest absolute Gasteiger partial charge is 0.508 e. The number of rotatable bonds is 10. The molecule has 7 aromatic rings. The Labute approximate surface area is 321 Å². The van der Waals surface area contributed by atoms with Crippen molar-refractivity contribution in [1.82, 2.24) is 19.5 Å². The van der Waals surface area contributed by atoms with Crippen LogP contribution >= 0.6 is 0 Å². The van der Waals surface area contributed by atoms with E-state index >= 15 is 0 Å². The molecule has 0 fully saturated rings. The number of pyridine rings is 2. The van der Waals surface area contributed by atoms with E-state index in [1.807, 2.05) is 78.9 Å². The fourth-order valence-electron chi connectivity index (χ4n) is 5.58. The molecule has 7 rings (SSSR count). The van der Waals surface area contributed by atoms with Crippen molar-refractivity contribution < 1.29 is 23.4 Å². The average molecular weight is 743 g/mol. The molecule has 0 aliphatic carbocycles. The van der Waals surface area contributed by atoms with Gasteiger partial charge in [-0.3, -0.25) is 14.3 Å². The van der Waals surface area contributed by atoms with Gasteiger partial charge in [0, 0.05) is 22.9 Å². The van der Waals surface area contributed by atoms with Gasteiger partial charge in [-0.05, 0) is 47.5 Å². The van der Waals surface area contributed by atoms with E-state index < -0.39 is 24.1 Å². The van der Waals surface area contributed by atoms with Crippen LogP contribution in [0.4, 0.5) is 9.18 Å². The van der Waals surface area contributed by atoms with Gasteiger partial charge < -0.3 is 14.2 Å². The minimum absolute atomic E-state index is 0.0139. The minimum atomic E-state index is -0.976. The van der Waals surface area contributed by atoms with E-state index in [0.29, 0.717) is 22.6 Å². The van der Waals surface area contributed by atoms with Gasteiger partial charge in [0.05, 0.1) is 41.0 Å². The van der Waals surface area contributed by atoms with E-state index in [2.05, 4.69) is 15.0 Å². The number of hydrogen-bond acceptors (Lipinski definition) is 10. The molecule has 0 unspecified atom stereocenters. The fraction of sp³-hybridized carbons (Fsp3) is 0.0682. The van der Waals surface area contributed by atoms with Crippen molar-refractivity contribution in [1.29, 1.82) is 10.5 Å². The number of aromatic nitrogens is 4. The fourth-order valence-corrected chi connectivity index (χ4v) is 5.58. The molecule has 4 aromatic carbocycles. The summed E-state index contributed by atoms with van der Waals surface area (Å²) in [5.41, 5.74) is 2.47. The summed E-state index contributed by atoms with van der Waals surface area (Å²) in [6.07, 6.45) is 4.68. The molecule has 0 amide bonds. The van der Waals surface area contributed by atoms with Gasteiger partial charge in [-0.2, -0.15) is 10.5 Å². The standard InChI is InChI=1S/C37H26FN5O5.C7H5N/c38-32-14-7-13-28(31(32)18-39)29-17-30(35-34(15-8-16-42-35)46-21-25-9-3-1-4-10-25)33(43(36(29)44)27-19-40-24-41-20-27)23-48-37(45)47-22-26-11-5-2-6-12-26;8-6-7-4-2-1-3-5-7/h1-17,19-20,24H,21-23H2;1-5H. The summed E-state index contributed by atoms with van der Waals surface area (Å²) >= 11 is 0. The molecule has 274 valence electrons. The second-order valence-electron chi connectivity index (χ2n) is 11.8. The summed E-state index contributed by atoms with van der Waals surface area (Å²) in [5, 5.41) is 18.1. The lowest BCUT2D eigenvalue weighted by Gasteiger charge is -2.20. The van der Waals surface area contributed by atoms with E-state index in [-0.39, 0.29) is 41.3 Å². The Balaban J connectivity index is 0.000000592. The van der Waals surface area contributed by atoms with E-state index in [1.54, 1.807) is 42.6 Å². The Morgan fingerprint density at radius 1 is 0.696 bits per heavy atom. The van der Waals surface area contributed by atoms with Crippen molar-refractivity contribution in [2.75, 3.05) is 0 Å². The van der Waals surface area contributed by atoms with E-state index in [9.17, 15) is 19.2 Å². The Kier molecular flexibility index (Phi) is 12.6. The zero-order valence-corrected chi connectivity index (χ0v) is 29.7. The number of benzene rings is 4. The minimum Gasteiger partial charge on any atom is -0.487 e. The molecule has 0 saturated carbocycles. The number of hydrogen-bond donors (Lipinski definition) is 0. The lowest BCUT2D eigenvalue weighted by atomic mass is 9.97. The number of ether oxygens (including phenoxy) is 3. The maximum absolute atomic E-state index is 14.9. The van der Waals surface area contributed by atoms with Crippen molar-refractivity contribution in [3.05, 3.63) is 196 Å². The topological polar surface area (TPSA) is 153 Å². The normalized spacial score (nSPS) is 10.2. The predicted octanol–water partition coefficient (Wildman–Crippen LogP) is 8.36. The summed E-state index contributed by atoms with van der Waals surface area (Å²) in [7, 11) is 0. The second-order valence-corrected chi connectivity index (χ2v) is 11.8. The molecule has 0 spiro atoms. The monoisotopic (exact) mass is 742 g/mol. The molecule has 56 heavy (non-hydrogen) atoms. The molecule has 0 aliphatic rings. The highest BCUT2D eigenvalue weighted by atomic mass is 19.1. The molecule has 0 saturated heterocycles. The average Bonchev–Trinajstić information content (AvgIpc) is 3.26. The SMILES string of the molecule is N#Cc1c(F)cccc1-c1cc(-c2ncccc2OCc2ccccc2)c(COC(=O)OCc2ccccc2)n(-c2cncnc2)c1=O.N#Cc1ccccc1. The Bertz CT molecular complexity index is 2560. The molecule has 0 N–H and O–H groups in total. The summed E-state index contributed by atoms with van der Waals surface area (Å²) in [6.45, 7) is -0.270. The van der Waals surface area contributed by atoms with Crippen LogP contribution in [0, 0.1) is 28.5 Å². The van der Waals surface area contributed by atoms with Crippen LogP contribution in [0.15, 0.2) is 157 Å². The molecule has 3 heterocycles. The van der Waals surface area contributed by atoms with Crippen LogP contribution in [0.2, 0.25) is 0 Å². The lowest BCUT2D eigenvalue weighted by Crippen LogP contribution is -2.26. The van der Waals surface area contributed by atoms with Gasteiger partial charge in [-0.15, -0.1) is 0 Å². The van der Waals surface area contributed by atoms with Gasteiger partial charge in [0.15, 0.2) is 0 Å². The number of nitrogens with zero attached hydrogens (tertiary/aromatic N) is 6. The van der Waals surface area contributed by atoms with Crippen molar-refractivity contribution >= 4 is 6.16 Å². The third-order valence-electron chi connectivity index (χ3n) is 8.22. The van der Waals surface area contributed by atoms with Gasteiger partial charge >= 0.3 is 6.16 Å². The first-order chi connectivity index (χ1) is 27.5. The van der Waals surface area contributed by atoms with Crippen LogP contribution < -0.4 is 10.3 Å². The van der Waals surface area contributed by atoms with Crippen LogP contribution in [0.5, 0.6) is 5.75 Å². The highest BCUT2D eigenvalue weighted by molar-refractivity contribution is 5.78. The highest BCUT2D eigenvalue weighted by Crippen LogP contribution is 2.35. The van der Waals surface area contributed by atoms with Crippen molar-refractivity contribution in [2.45, 2.75) is 19.8 Å². The number of nitriles is 2. The summed E-state index contributed by atoms with van der Waals surface area (Å²) in [4.78, 5) is 39.9. The van der Waals surface area contributed by atoms with Crippen LogP contribution in [-0.4, -0.2) is 25.7 Å². The van der Waals surface area contributed by atoms with Crippen LogP contribution in [-0.2, 0) is 29.3 Å². The predicted molar refractivity (Wildman–Crippen MR) is 204 cm³/mol. The first kappa shape index (κ1) is 37.8.